The highest BCUT2D eigenvalue weighted by Crippen LogP contribution is 2.30. The van der Waals surface area contributed by atoms with E-state index in [1.165, 1.54) is 15.3 Å². The Labute approximate surface area is 129 Å². The van der Waals surface area contributed by atoms with Gasteiger partial charge in [0.15, 0.2) is 0 Å². The monoisotopic (exact) mass is 309 g/mol. The molecule has 1 aliphatic heterocycles. The van der Waals surface area contributed by atoms with Gasteiger partial charge in [0.2, 0.25) is 5.91 Å². The molecule has 1 aromatic rings. The molecular formula is C16H23NO3S. The summed E-state index contributed by atoms with van der Waals surface area (Å²) in [5.41, 5.74) is 0.305. The van der Waals surface area contributed by atoms with Crippen molar-refractivity contribution in [3.05, 3.63) is 21.4 Å². The minimum atomic E-state index is -1.01. The summed E-state index contributed by atoms with van der Waals surface area (Å²) in [6.07, 6.45) is 3.42. The molecule has 0 bridgehead atoms. The second-order valence-corrected chi connectivity index (χ2v) is 7.48. The lowest BCUT2D eigenvalue weighted by atomic mass is 9.98. The maximum atomic E-state index is 12.3. The van der Waals surface area contributed by atoms with Gasteiger partial charge in [-0.2, -0.15) is 0 Å². The quantitative estimate of drug-likeness (QED) is 0.909. The lowest BCUT2D eigenvalue weighted by Crippen LogP contribution is -2.50. The molecule has 0 saturated carbocycles. The number of aliphatic carboxylic acids is 1. The van der Waals surface area contributed by atoms with Crippen LogP contribution in [0.5, 0.6) is 0 Å². The fourth-order valence-corrected chi connectivity index (χ4v) is 4.06. The van der Waals surface area contributed by atoms with E-state index in [1.54, 1.807) is 23.2 Å². The molecule has 1 amide bonds. The number of carboxylic acids is 1. The molecule has 0 radical (unpaired) electrons. The summed E-state index contributed by atoms with van der Waals surface area (Å²) >= 11 is 1.78. The van der Waals surface area contributed by atoms with Crippen molar-refractivity contribution < 1.29 is 14.7 Å². The summed E-state index contributed by atoms with van der Waals surface area (Å²) in [6.45, 7) is 6.43. The van der Waals surface area contributed by atoms with Crippen molar-refractivity contribution in [2.45, 2.75) is 58.4 Å². The molecule has 0 aromatic carbocycles. The maximum absolute atomic E-state index is 12.3. The number of amides is 1. The van der Waals surface area contributed by atoms with Crippen molar-refractivity contribution in [3.8, 4) is 0 Å². The van der Waals surface area contributed by atoms with Crippen LogP contribution in [0.3, 0.4) is 0 Å². The van der Waals surface area contributed by atoms with E-state index >= 15 is 0 Å². The Morgan fingerprint density at radius 2 is 2.14 bits per heavy atom. The van der Waals surface area contributed by atoms with Crippen LogP contribution in [0.2, 0.25) is 0 Å². The summed E-state index contributed by atoms with van der Waals surface area (Å²) in [7, 11) is 0. The van der Waals surface area contributed by atoms with Gasteiger partial charge in [0.25, 0.3) is 0 Å². The van der Waals surface area contributed by atoms with Crippen LogP contribution in [-0.2, 0) is 16.0 Å². The van der Waals surface area contributed by atoms with E-state index in [1.807, 2.05) is 0 Å². The molecule has 2 heterocycles. The van der Waals surface area contributed by atoms with Crippen molar-refractivity contribution in [2.24, 2.45) is 0 Å². The molecule has 1 aliphatic rings. The maximum Gasteiger partial charge on any atom is 0.329 e. The Kier molecular flexibility index (Phi) is 4.71. The number of carboxylic acid groups (broad SMARTS) is 1. The number of rotatable bonds is 5. The minimum Gasteiger partial charge on any atom is -0.480 e. The Morgan fingerprint density at radius 3 is 2.71 bits per heavy atom. The van der Waals surface area contributed by atoms with E-state index in [-0.39, 0.29) is 5.91 Å². The topological polar surface area (TPSA) is 57.6 Å². The third kappa shape index (κ3) is 3.28. The zero-order valence-electron chi connectivity index (χ0n) is 12.9. The molecular weight excluding hydrogens is 286 g/mol. The number of likely N-dealkylation sites (tertiary alicyclic amines) is 1. The van der Waals surface area contributed by atoms with Crippen molar-refractivity contribution in [1.29, 1.82) is 0 Å². The average molecular weight is 309 g/mol. The van der Waals surface area contributed by atoms with Gasteiger partial charge in [0, 0.05) is 22.7 Å². The molecule has 1 N–H and O–H groups in total. The molecule has 1 unspecified atom stereocenters. The molecule has 116 valence electrons. The first kappa shape index (κ1) is 16.0. The molecule has 0 spiro atoms. The summed E-state index contributed by atoms with van der Waals surface area (Å²) < 4.78 is 0. The fourth-order valence-electron chi connectivity index (χ4n) is 3.08. The first-order chi connectivity index (χ1) is 9.84. The Bertz CT molecular complexity index is 552. The third-order valence-electron chi connectivity index (χ3n) is 4.38. The van der Waals surface area contributed by atoms with E-state index in [9.17, 15) is 14.7 Å². The lowest BCUT2D eigenvalue weighted by Gasteiger charge is -2.31. The van der Waals surface area contributed by atoms with Gasteiger partial charge in [0.05, 0.1) is 0 Å². The first-order valence-electron chi connectivity index (χ1n) is 7.44. The third-order valence-corrected chi connectivity index (χ3v) is 5.39. The summed E-state index contributed by atoms with van der Waals surface area (Å²) in [4.78, 5) is 27.9. The van der Waals surface area contributed by atoms with Crippen LogP contribution in [0.4, 0.5) is 0 Å². The van der Waals surface area contributed by atoms with Gasteiger partial charge in [0.1, 0.15) is 5.54 Å². The van der Waals surface area contributed by atoms with Crippen LogP contribution in [0.25, 0.3) is 0 Å². The smallest absolute Gasteiger partial charge is 0.329 e. The zero-order chi connectivity index (χ0) is 15.6. The van der Waals surface area contributed by atoms with Gasteiger partial charge in [-0.3, -0.25) is 4.79 Å². The number of carbonyl (C=O) groups is 2. The number of hydrogen-bond donors (Lipinski definition) is 1. The number of aryl methyl sites for hydroxylation is 3. The van der Waals surface area contributed by atoms with Gasteiger partial charge >= 0.3 is 5.97 Å². The van der Waals surface area contributed by atoms with Crippen LogP contribution in [0.1, 0.15) is 47.9 Å². The van der Waals surface area contributed by atoms with Crippen LogP contribution >= 0.6 is 11.3 Å². The Balaban J connectivity index is 1.90. The summed E-state index contributed by atoms with van der Waals surface area (Å²) in [6, 6.07) is 2.18. The lowest BCUT2D eigenvalue weighted by molar-refractivity contribution is -0.155. The second kappa shape index (κ2) is 6.18. The fraction of sp³-hybridized carbons (Fsp3) is 0.625. The molecule has 1 fully saturated rings. The number of hydrogen-bond acceptors (Lipinski definition) is 3. The standard InChI is InChI=1S/C16H23NO3S/c1-11-10-13(12(2)21-11)6-4-7-14(18)17-9-5-8-16(17,3)15(19)20/h10H,4-9H2,1-3H3,(H,19,20). The van der Waals surface area contributed by atoms with E-state index in [4.69, 9.17) is 0 Å². The van der Waals surface area contributed by atoms with Crippen molar-refractivity contribution >= 4 is 23.2 Å². The molecule has 1 atom stereocenters. The molecule has 4 nitrogen and oxygen atoms in total. The van der Waals surface area contributed by atoms with Crippen molar-refractivity contribution in [3.63, 3.8) is 0 Å². The highest BCUT2D eigenvalue weighted by Gasteiger charge is 2.45. The summed E-state index contributed by atoms with van der Waals surface area (Å²) in [5, 5.41) is 9.34. The Hall–Kier alpha value is -1.36. The zero-order valence-corrected chi connectivity index (χ0v) is 13.8. The largest absolute Gasteiger partial charge is 0.480 e. The van der Waals surface area contributed by atoms with Crippen molar-refractivity contribution in [1.82, 2.24) is 4.90 Å². The van der Waals surface area contributed by atoms with Gasteiger partial charge in [-0.15, -0.1) is 11.3 Å². The predicted molar refractivity (Wildman–Crippen MR) is 83.7 cm³/mol. The highest BCUT2D eigenvalue weighted by molar-refractivity contribution is 7.12. The molecule has 1 saturated heterocycles. The van der Waals surface area contributed by atoms with Crippen LogP contribution < -0.4 is 0 Å². The molecule has 21 heavy (non-hydrogen) atoms. The number of nitrogens with zero attached hydrogens (tertiary/aromatic N) is 1. The van der Waals surface area contributed by atoms with E-state index < -0.39 is 11.5 Å². The molecule has 1 aromatic heterocycles. The van der Waals surface area contributed by atoms with E-state index in [2.05, 4.69) is 19.9 Å². The second-order valence-electron chi connectivity index (χ2n) is 6.02. The SMILES string of the molecule is Cc1cc(CCCC(=O)N2CCCC2(C)C(=O)O)c(C)s1. The Morgan fingerprint density at radius 1 is 1.43 bits per heavy atom. The van der Waals surface area contributed by atoms with Gasteiger partial charge in [-0.05, 0) is 58.1 Å². The van der Waals surface area contributed by atoms with E-state index in [0.717, 1.165) is 19.3 Å². The highest BCUT2D eigenvalue weighted by atomic mass is 32.1. The molecule has 0 aliphatic carbocycles. The average Bonchev–Trinajstić information content (AvgIpc) is 2.94. The van der Waals surface area contributed by atoms with Crippen molar-refractivity contribution in [2.75, 3.05) is 6.54 Å². The summed E-state index contributed by atoms with van der Waals surface area (Å²) in [5.74, 6) is -0.917. The van der Waals surface area contributed by atoms with E-state index in [0.29, 0.717) is 19.4 Å². The molecule has 5 heteroatoms. The minimum absolute atomic E-state index is 0.0259. The van der Waals surface area contributed by atoms with Gasteiger partial charge < -0.3 is 10.0 Å². The van der Waals surface area contributed by atoms with Crippen LogP contribution in [0.15, 0.2) is 6.07 Å². The van der Waals surface area contributed by atoms with Gasteiger partial charge in [-0.25, -0.2) is 4.79 Å². The van der Waals surface area contributed by atoms with Gasteiger partial charge in [-0.1, -0.05) is 0 Å². The normalized spacial score (nSPS) is 21.8. The number of thiophene rings is 1. The van der Waals surface area contributed by atoms with Crippen LogP contribution in [0, 0.1) is 13.8 Å². The van der Waals surface area contributed by atoms with Crippen LogP contribution in [-0.4, -0.2) is 34.0 Å². The number of carbonyl (C=O) groups excluding carboxylic acids is 1. The first-order valence-corrected chi connectivity index (χ1v) is 8.26. The molecule has 2 rings (SSSR count). The predicted octanol–water partition coefficient (Wildman–Crippen LogP) is 3.15.